The van der Waals surface area contributed by atoms with Crippen LogP contribution >= 0.6 is 0 Å². The van der Waals surface area contributed by atoms with Gasteiger partial charge in [0.1, 0.15) is 0 Å². The lowest BCUT2D eigenvalue weighted by atomic mass is 9.68. The van der Waals surface area contributed by atoms with E-state index in [1.54, 1.807) is 0 Å². The molecule has 2 unspecified atom stereocenters. The minimum atomic E-state index is 0.0876. The molecule has 53 heavy (non-hydrogen) atoms. The first-order chi connectivity index (χ1) is 24.9. The third-order valence-electron chi connectivity index (χ3n) is 13.7. The van der Waals surface area contributed by atoms with Gasteiger partial charge < -0.3 is 18.6 Å². The molecule has 3 aliphatic rings. The van der Waals surface area contributed by atoms with Crippen molar-refractivity contribution in [2.45, 2.75) is 151 Å². The minimum absolute atomic E-state index is 0.0876. The van der Waals surface area contributed by atoms with Crippen molar-refractivity contribution in [1.82, 2.24) is 9.97 Å². The number of furan rings is 2. The Labute approximate surface area is 316 Å². The highest BCUT2D eigenvalue weighted by atomic mass is 16.3. The lowest BCUT2D eigenvalue weighted by Gasteiger charge is -2.41. The van der Waals surface area contributed by atoms with Crippen LogP contribution in [-0.2, 0) is 0 Å². The first kappa shape index (κ1) is 35.9. The third-order valence-corrected chi connectivity index (χ3v) is 13.7. The van der Waals surface area contributed by atoms with Crippen LogP contribution in [0.15, 0.2) is 57.4 Å². The summed E-state index contributed by atoms with van der Waals surface area (Å²) in [6.07, 6.45) is 9.33. The van der Waals surface area contributed by atoms with Gasteiger partial charge in [-0.15, -0.1) is 0 Å². The first-order valence-corrected chi connectivity index (χ1v) is 20.1. The summed E-state index contributed by atoms with van der Waals surface area (Å²) in [4.78, 5) is 14.6. The zero-order chi connectivity index (χ0) is 37.8. The van der Waals surface area contributed by atoms with Crippen molar-refractivity contribution in [2.75, 3.05) is 9.80 Å². The Morgan fingerprint density at radius 3 is 1.43 bits per heavy atom. The molecule has 6 aromatic rings. The molecule has 0 N–H and O–H groups in total. The molecule has 9 rings (SSSR count). The van der Waals surface area contributed by atoms with Gasteiger partial charge in [-0.2, -0.15) is 0 Å². The number of hydrogen-bond donors (Lipinski definition) is 0. The van der Waals surface area contributed by atoms with Crippen LogP contribution < -0.4 is 9.80 Å². The van der Waals surface area contributed by atoms with E-state index in [9.17, 15) is 0 Å². The van der Waals surface area contributed by atoms with Crippen LogP contribution in [0.2, 0.25) is 0 Å². The number of hydrogen-bond acceptors (Lipinski definition) is 6. The van der Waals surface area contributed by atoms with E-state index in [0.29, 0.717) is 17.5 Å². The van der Waals surface area contributed by atoms with E-state index in [4.69, 9.17) is 8.83 Å². The van der Waals surface area contributed by atoms with Gasteiger partial charge in [-0.3, -0.25) is 0 Å². The summed E-state index contributed by atoms with van der Waals surface area (Å²) in [6, 6.07) is 18.3. The van der Waals surface area contributed by atoms with Crippen molar-refractivity contribution >= 4 is 55.5 Å². The predicted octanol–water partition coefficient (Wildman–Crippen LogP) is 12.9. The highest BCUT2D eigenvalue weighted by Gasteiger charge is 2.54. The molecule has 1 saturated carbocycles. The molecular formula is C47H60N4O2. The monoisotopic (exact) mass is 712 g/mol. The molecule has 2 atom stereocenters. The molecule has 2 saturated heterocycles. The fraction of sp³-hybridized carbons (Fsp3) is 0.532. The molecule has 3 fully saturated rings. The van der Waals surface area contributed by atoms with Gasteiger partial charge in [0.25, 0.3) is 0 Å². The number of nitrogens with zero attached hydrogens (tertiary/aromatic N) is 4. The topological polar surface area (TPSA) is 58.5 Å². The van der Waals surface area contributed by atoms with Crippen molar-refractivity contribution in [3.63, 3.8) is 0 Å². The lowest BCUT2D eigenvalue weighted by Crippen LogP contribution is -2.44. The quantitative estimate of drug-likeness (QED) is 0.178. The van der Waals surface area contributed by atoms with Gasteiger partial charge in [-0.25, -0.2) is 9.97 Å². The Bertz CT molecular complexity index is 2370. The fourth-order valence-corrected chi connectivity index (χ4v) is 11.4. The fourth-order valence-electron chi connectivity index (χ4n) is 11.4. The second-order valence-electron chi connectivity index (χ2n) is 19.0. The number of aromatic nitrogens is 2. The van der Waals surface area contributed by atoms with Crippen molar-refractivity contribution in [3.05, 3.63) is 71.0 Å². The standard InChI is InChI=1S/C25H32N2O.C22H28N2O/c1-16-9-11-19-20-12-10-17(2)26-23(20)28-22(19)21(16)27-18(3)25(15-24(27,4)5)13-7-6-8-14-25;1-13-8-10-16-17-11-9-14(2)23-20(17)25-19(16)18(13)24-15(3)21(4,5)12-22(24,6)7/h9-12,18H,6-8,13-15H2,1-5H3;8-11,15H,12H2,1-7H3. The third kappa shape index (κ3) is 5.64. The number of anilines is 2. The van der Waals surface area contributed by atoms with Gasteiger partial charge in [0.05, 0.1) is 11.4 Å². The van der Waals surface area contributed by atoms with Gasteiger partial charge >= 0.3 is 0 Å². The molecule has 1 aliphatic carbocycles. The van der Waals surface area contributed by atoms with Crippen LogP contribution in [0.4, 0.5) is 11.4 Å². The molecule has 6 heteroatoms. The second kappa shape index (κ2) is 12.2. The Kier molecular flexibility index (Phi) is 8.29. The first-order valence-electron chi connectivity index (χ1n) is 20.1. The molecule has 6 nitrogen and oxygen atoms in total. The van der Waals surface area contributed by atoms with E-state index in [0.717, 1.165) is 56.6 Å². The van der Waals surface area contributed by atoms with Crippen LogP contribution in [0.1, 0.15) is 123 Å². The summed E-state index contributed by atoms with van der Waals surface area (Å²) in [7, 11) is 0. The normalized spacial score (nSPS) is 23.1. The van der Waals surface area contributed by atoms with Gasteiger partial charge in [-0.05, 0) is 141 Å². The van der Waals surface area contributed by atoms with Crippen LogP contribution in [0, 0.1) is 38.5 Å². The zero-order valence-corrected chi connectivity index (χ0v) is 34.3. The van der Waals surface area contributed by atoms with Gasteiger partial charge in [-0.1, -0.05) is 57.4 Å². The molecular weight excluding hydrogens is 653 g/mol. The van der Waals surface area contributed by atoms with E-state index in [1.165, 1.54) is 66.4 Å². The maximum Gasteiger partial charge on any atom is 0.227 e. The van der Waals surface area contributed by atoms with Gasteiger partial charge in [0, 0.05) is 56.1 Å². The number of benzene rings is 2. The molecule has 0 radical (unpaired) electrons. The smallest absolute Gasteiger partial charge is 0.227 e. The van der Waals surface area contributed by atoms with Crippen LogP contribution in [-0.4, -0.2) is 33.1 Å². The van der Waals surface area contributed by atoms with Gasteiger partial charge in [0.15, 0.2) is 11.2 Å². The SMILES string of the molecule is Cc1ccc2c(n1)oc1c(N3C(C)C(C)(C)CC3(C)C)c(C)ccc12.Cc1ccc2c(n1)oc1c(N3C(C)C4(CCCCC4)CC3(C)C)c(C)ccc12. The maximum atomic E-state index is 6.42. The average Bonchev–Trinajstić information content (AvgIpc) is 3.73. The Morgan fingerprint density at radius 2 is 0.981 bits per heavy atom. The molecule has 2 aromatic carbocycles. The molecule has 6 heterocycles. The summed E-state index contributed by atoms with van der Waals surface area (Å²) in [6.45, 7) is 27.6. The van der Waals surface area contributed by atoms with Crippen molar-refractivity contribution in [3.8, 4) is 0 Å². The summed E-state index contributed by atoms with van der Waals surface area (Å²) in [5, 5.41) is 4.58. The van der Waals surface area contributed by atoms with Crippen LogP contribution in [0.3, 0.4) is 0 Å². The van der Waals surface area contributed by atoms with Crippen molar-refractivity contribution < 1.29 is 8.83 Å². The molecule has 0 bridgehead atoms. The van der Waals surface area contributed by atoms with Crippen molar-refractivity contribution in [1.29, 1.82) is 0 Å². The van der Waals surface area contributed by atoms with Crippen LogP contribution in [0.25, 0.3) is 44.1 Å². The van der Waals surface area contributed by atoms with Gasteiger partial charge in [0.2, 0.25) is 11.4 Å². The molecule has 1 spiro atoms. The molecule has 2 aliphatic heterocycles. The Hall–Kier alpha value is -4.06. The largest absolute Gasteiger partial charge is 0.436 e. The average molecular weight is 713 g/mol. The lowest BCUT2D eigenvalue weighted by molar-refractivity contribution is 0.170. The van der Waals surface area contributed by atoms with Crippen molar-refractivity contribution in [2.24, 2.45) is 10.8 Å². The Balaban J connectivity index is 0.000000152. The number of pyridine rings is 2. The summed E-state index contributed by atoms with van der Waals surface area (Å²) < 4.78 is 12.7. The van der Waals surface area contributed by atoms with E-state index >= 15 is 0 Å². The summed E-state index contributed by atoms with van der Waals surface area (Å²) >= 11 is 0. The highest BCUT2D eigenvalue weighted by Crippen LogP contribution is 2.57. The van der Waals surface area contributed by atoms with Crippen LogP contribution in [0.5, 0.6) is 0 Å². The highest BCUT2D eigenvalue weighted by molar-refractivity contribution is 6.09. The van der Waals surface area contributed by atoms with E-state index in [2.05, 4.69) is 138 Å². The minimum Gasteiger partial charge on any atom is -0.436 e. The number of rotatable bonds is 2. The molecule has 4 aromatic heterocycles. The molecule has 0 amide bonds. The number of fused-ring (bicyclic) bond motifs is 6. The number of aryl methyl sites for hydroxylation is 4. The zero-order valence-electron chi connectivity index (χ0n) is 34.3. The maximum absolute atomic E-state index is 6.42. The van der Waals surface area contributed by atoms with E-state index < -0.39 is 0 Å². The second-order valence-corrected chi connectivity index (χ2v) is 19.0. The predicted molar refractivity (Wildman–Crippen MR) is 223 cm³/mol. The van der Waals surface area contributed by atoms with E-state index in [1.807, 2.05) is 13.8 Å². The summed E-state index contributed by atoms with van der Waals surface area (Å²) in [5.41, 5.74) is 11.5. The Morgan fingerprint density at radius 1 is 0.547 bits per heavy atom. The molecule has 280 valence electrons. The van der Waals surface area contributed by atoms with E-state index in [-0.39, 0.29) is 16.5 Å². The summed E-state index contributed by atoms with van der Waals surface area (Å²) in [5.74, 6) is 0.